The van der Waals surface area contributed by atoms with E-state index in [0.717, 1.165) is 5.69 Å². The van der Waals surface area contributed by atoms with Crippen molar-refractivity contribution in [1.29, 1.82) is 0 Å². The molecule has 0 bridgehead atoms. The summed E-state index contributed by atoms with van der Waals surface area (Å²) in [6.07, 6.45) is 1.37. The van der Waals surface area contributed by atoms with E-state index in [-0.39, 0.29) is 17.8 Å². The zero-order valence-corrected chi connectivity index (χ0v) is 11.0. The molecule has 8 heteroatoms. The molecular formula is C13H13N5O3. The third kappa shape index (κ3) is 2.69. The summed E-state index contributed by atoms with van der Waals surface area (Å²) >= 11 is 0. The van der Waals surface area contributed by atoms with E-state index in [9.17, 15) is 9.59 Å². The van der Waals surface area contributed by atoms with Crippen LogP contribution in [0.3, 0.4) is 0 Å². The number of carboxylic acid groups (broad SMARTS) is 1. The first-order valence-electron chi connectivity index (χ1n) is 6.39. The van der Waals surface area contributed by atoms with E-state index in [1.165, 1.54) is 10.9 Å². The molecule has 2 heterocycles. The smallest absolute Gasteiger partial charge is 0.358 e. The molecule has 2 aromatic rings. The Morgan fingerprint density at radius 2 is 1.95 bits per heavy atom. The van der Waals surface area contributed by atoms with Crippen LogP contribution in [0.5, 0.6) is 0 Å². The Morgan fingerprint density at radius 1 is 1.24 bits per heavy atom. The number of hydrogen-bond donors (Lipinski definition) is 2. The van der Waals surface area contributed by atoms with Crippen molar-refractivity contribution in [3.63, 3.8) is 0 Å². The Kier molecular flexibility index (Phi) is 3.27. The van der Waals surface area contributed by atoms with Crippen LogP contribution in [0.1, 0.15) is 16.5 Å². The number of hydrogen-bond acceptors (Lipinski definition) is 4. The van der Waals surface area contributed by atoms with E-state index < -0.39 is 5.97 Å². The van der Waals surface area contributed by atoms with Crippen LogP contribution in [0.2, 0.25) is 0 Å². The van der Waals surface area contributed by atoms with Crippen LogP contribution < -0.4 is 5.32 Å². The molecule has 0 aliphatic carbocycles. The van der Waals surface area contributed by atoms with E-state index in [4.69, 9.17) is 5.11 Å². The second-order valence-corrected chi connectivity index (χ2v) is 4.74. The van der Waals surface area contributed by atoms with Crippen molar-refractivity contribution in [2.24, 2.45) is 0 Å². The average molecular weight is 287 g/mol. The quantitative estimate of drug-likeness (QED) is 0.879. The minimum Gasteiger partial charge on any atom is -0.476 e. The fourth-order valence-electron chi connectivity index (χ4n) is 2.07. The molecule has 108 valence electrons. The van der Waals surface area contributed by atoms with Crippen molar-refractivity contribution in [2.75, 3.05) is 18.4 Å². The lowest BCUT2D eigenvalue weighted by Crippen LogP contribution is -2.52. The highest BCUT2D eigenvalue weighted by atomic mass is 16.4. The molecule has 0 radical (unpaired) electrons. The lowest BCUT2D eigenvalue weighted by molar-refractivity contribution is 0.0690. The van der Waals surface area contributed by atoms with Crippen LogP contribution in [0, 0.1) is 0 Å². The first-order chi connectivity index (χ1) is 10.1. The number of aromatic carboxylic acids is 1. The summed E-state index contributed by atoms with van der Waals surface area (Å²) < 4.78 is 1.48. The number of urea groups is 1. The molecule has 1 aromatic carbocycles. The van der Waals surface area contributed by atoms with Crippen molar-refractivity contribution in [2.45, 2.75) is 6.04 Å². The first kappa shape index (κ1) is 13.1. The van der Waals surface area contributed by atoms with Crippen molar-refractivity contribution in [3.8, 4) is 0 Å². The van der Waals surface area contributed by atoms with E-state index >= 15 is 0 Å². The van der Waals surface area contributed by atoms with Crippen LogP contribution in [0.4, 0.5) is 10.5 Å². The molecule has 2 amide bonds. The molecule has 0 saturated carbocycles. The normalized spacial score (nSPS) is 14.6. The van der Waals surface area contributed by atoms with Crippen LogP contribution >= 0.6 is 0 Å². The summed E-state index contributed by atoms with van der Waals surface area (Å²) in [6.45, 7) is 0.947. The van der Waals surface area contributed by atoms with Gasteiger partial charge < -0.3 is 15.3 Å². The van der Waals surface area contributed by atoms with Crippen LogP contribution in [0.25, 0.3) is 0 Å². The molecule has 0 atom stereocenters. The molecule has 0 spiro atoms. The Morgan fingerprint density at radius 3 is 2.57 bits per heavy atom. The molecule has 3 rings (SSSR count). The Bertz CT molecular complexity index is 663. The summed E-state index contributed by atoms with van der Waals surface area (Å²) in [5.41, 5.74) is 0.641. The number of carbonyl (C=O) groups excluding carboxylic acids is 1. The fourth-order valence-corrected chi connectivity index (χ4v) is 2.07. The maximum absolute atomic E-state index is 12.0. The average Bonchev–Trinajstić information content (AvgIpc) is 2.88. The highest BCUT2D eigenvalue weighted by molar-refractivity contribution is 5.89. The molecule has 1 aliphatic rings. The van der Waals surface area contributed by atoms with Gasteiger partial charge in [0.25, 0.3) is 0 Å². The molecule has 21 heavy (non-hydrogen) atoms. The highest BCUT2D eigenvalue weighted by Crippen LogP contribution is 2.21. The molecule has 1 fully saturated rings. The number of para-hydroxylation sites is 1. The predicted octanol–water partition coefficient (Wildman–Crippen LogP) is 1.07. The number of rotatable bonds is 3. The summed E-state index contributed by atoms with van der Waals surface area (Å²) in [7, 11) is 0. The van der Waals surface area contributed by atoms with Gasteiger partial charge in [0.15, 0.2) is 5.69 Å². The molecule has 1 aliphatic heterocycles. The monoisotopic (exact) mass is 287 g/mol. The highest BCUT2D eigenvalue weighted by Gasteiger charge is 2.33. The van der Waals surface area contributed by atoms with Gasteiger partial charge in [0.1, 0.15) is 0 Å². The SMILES string of the molecule is O=C(O)c1cn(C2CN(C(=O)Nc3ccccc3)C2)nn1. The Hall–Kier alpha value is -2.90. The minimum atomic E-state index is -1.11. The molecule has 2 N–H and O–H groups in total. The van der Waals surface area contributed by atoms with Crippen molar-refractivity contribution in [3.05, 3.63) is 42.2 Å². The minimum absolute atomic E-state index is 0.0351. The Labute approximate surface area is 120 Å². The number of nitrogens with one attached hydrogen (secondary N) is 1. The van der Waals surface area contributed by atoms with Gasteiger partial charge in [-0.2, -0.15) is 0 Å². The fraction of sp³-hybridized carbons (Fsp3) is 0.231. The summed E-state index contributed by atoms with van der Waals surface area (Å²) in [4.78, 5) is 24.3. The number of aromatic nitrogens is 3. The molecule has 0 unspecified atom stereocenters. The third-order valence-corrected chi connectivity index (χ3v) is 3.28. The number of benzene rings is 1. The first-order valence-corrected chi connectivity index (χ1v) is 6.39. The van der Waals surface area contributed by atoms with Gasteiger partial charge in [-0.05, 0) is 12.1 Å². The van der Waals surface area contributed by atoms with Gasteiger partial charge in [-0.3, -0.25) is 0 Å². The molecule has 1 saturated heterocycles. The van der Waals surface area contributed by atoms with Gasteiger partial charge >= 0.3 is 12.0 Å². The largest absolute Gasteiger partial charge is 0.476 e. The van der Waals surface area contributed by atoms with Crippen molar-refractivity contribution >= 4 is 17.7 Å². The molecule has 1 aromatic heterocycles. The number of carbonyl (C=O) groups is 2. The van der Waals surface area contributed by atoms with Gasteiger partial charge in [-0.1, -0.05) is 23.4 Å². The maximum Gasteiger partial charge on any atom is 0.358 e. The second-order valence-electron chi connectivity index (χ2n) is 4.74. The number of nitrogens with zero attached hydrogens (tertiary/aromatic N) is 4. The second kappa shape index (κ2) is 5.23. The van der Waals surface area contributed by atoms with Crippen LogP contribution in [-0.2, 0) is 0 Å². The van der Waals surface area contributed by atoms with Crippen molar-refractivity contribution < 1.29 is 14.7 Å². The van der Waals surface area contributed by atoms with Gasteiger partial charge in [-0.25, -0.2) is 14.3 Å². The lowest BCUT2D eigenvalue weighted by Gasteiger charge is -2.38. The third-order valence-electron chi connectivity index (χ3n) is 3.28. The number of carboxylic acids is 1. The van der Waals surface area contributed by atoms with Crippen LogP contribution in [-0.4, -0.2) is 50.1 Å². The van der Waals surface area contributed by atoms with Gasteiger partial charge in [0, 0.05) is 18.8 Å². The zero-order valence-electron chi connectivity index (χ0n) is 11.0. The summed E-state index contributed by atoms with van der Waals surface area (Å²) in [5.74, 6) is -1.11. The predicted molar refractivity (Wildman–Crippen MR) is 73.1 cm³/mol. The van der Waals surface area contributed by atoms with Gasteiger partial charge in [0.2, 0.25) is 0 Å². The zero-order chi connectivity index (χ0) is 14.8. The van der Waals surface area contributed by atoms with Crippen molar-refractivity contribution in [1.82, 2.24) is 19.9 Å². The lowest BCUT2D eigenvalue weighted by atomic mass is 10.1. The van der Waals surface area contributed by atoms with E-state index in [1.54, 1.807) is 4.90 Å². The number of likely N-dealkylation sites (tertiary alicyclic amines) is 1. The van der Waals surface area contributed by atoms with E-state index in [2.05, 4.69) is 15.6 Å². The molecule has 8 nitrogen and oxygen atoms in total. The maximum atomic E-state index is 12.0. The Balaban J connectivity index is 1.55. The van der Waals surface area contributed by atoms with E-state index in [1.807, 2.05) is 30.3 Å². The standard InChI is InChI=1S/C13H13N5O3/c19-12(20)11-8-18(16-15-11)10-6-17(7-10)13(21)14-9-4-2-1-3-5-9/h1-5,8,10H,6-7H2,(H,14,21)(H,19,20). The van der Waals surface area contributed by atoms with Gasteiger partial charge in [-0.15, -0.1) is 5.10 Å². The van der Waals surface area contributed by atoms with Crippen LogP contribution in [0.15, 0.2) is 36.5 Å². The molecular weight excluding hydrogens is 274 g/mol. The number of amides is 2. The van der Waals surface area contributed by atoms with E-state index in [0.29, 0.717) is 13.1 Å². The summed E-state index contributed by atoms with van der Waals surface area (Å²) in [5, 5.41) is 18.9. The van der Waals surface area contributed by atoms with Gasteiger partial charge in [0.05, 0.1) is 12.2 Å². The summed E-state index contributed by atoms with van der Waals surface area (Å²) in [6, 6.07) is 8.97. The number of anilines is 1. The topological polar surface area (TPSA) is 100 Å².